The molecule has 0 aromatic heterocycles. The summed E-state index contributed by atoms with van der Waals surface area (Å²) in [4.78, 5) is 25.9. The Morgan fingerprint density at radius 2 is 1.64 bits per heavy atom. The number of amides is 2. The lowest BCUT2D eigenvalue weighted by atomic mass is 10.1. The fraction of sp³-hybridized carbons (Fsp3) is 0.529. The summed E-state index contributed by atoms with van der Waals surface area (Å²) < 4.78 is 42.6. The number of carbonyl (C=O) groups is 2. The summed E-state index contributed by atoms with van der Waals surface area (Å²) in [5.74, 6) is -1.21. The molecule has 138 valence electrons. The number of hydrogen-bond donors (Lipinski definition) is 0. The molecule has 1 heterocycles. The highest BCUT2D eigenvalue weighted by atomic mass is 19.4. The smallest absolute Gasteiger partial charge is 0.471 e. The van der Waals surface area contributed by atoms with Gasteiger partial charge in [0.1, 0.15) is 5.75 Å². The summed E-state index contributed by atoms with van der Waals surface area (Å²) in [5.41, 5.74) is 0.984. The van der Waals surface area contributed by atoms with Crippen molar-refractivity contribution >= 4 is 11.8 Å². The van der Waals surface area contributed by atoms with Crippen LogP contribution in [0.15, 0.2) is 24.3 Å². The van der Waals surface area contributed by atoms with Crippen molar-refractivity contribution in [1.29, 1.82) is 0 Å². The second kappa shape index (κ2) is 8.22. The van der Waals surface area contributed by atoms with Gasteiger partial charge in [0.2, 0.25) is 5.91 Å². The van der Waals surface area contributed by atoms with Crippen LogP contribution in [0.2, 0.25) is 0 Å². The van der Waals surface area contributed by atoms with Gasteiger partial charge in [0.15, 0.2) is 0 Å². The molecule has 0 unspecified atom stereocenters. The van der Waals surface area contributed by atoms with E-state index < -0.39 is 12.1 Å². The number of methoxy groups -OCH3 is 1. The van der Waals surface area contributed by atoms with Crippen LogP contribution < -0.4 is 4.74 Å². The zero-order chi connectivity index (χ0) is 18.4. The Morgan fingerprint density at radius 3 is 2.24 bits per heavy atom. The van der Waals surface area contributed by atoms with Crippen molar-refractivity contribution in [3.05, 3.63) is 29.8 Å². The third-order valence-electron chi connectivity index (χ3n) is 4.16. The summed E-state index contributed by atoms with van der Waals surface area (Å²) in [6.45, 7) is 0.416. The van der Waals surface area contributed by atoms with Crippen LogP contribution in [0.5, 0.6) is 5.75 Å². The minimum absolute atomic E-state index is 0.0145. The van der Waals surface area contributed by atoms with Gasteiger partial charge in [-0.15, -0.1) is 0 Å². The maximum absolute atomic E-state index is 12.5. The number of rotatable bonds is 4. The molecule has 2 rings (SSSR count). The molecule has 0 atom stereocenters. The molecule has 0 spiro atoms. The Hall–Kier alpha value is -2.25. The van der Waals surface area contributed by atoms with Gasteiger partial charge in [-0.1, -0.05) is 12.1 Å². The van der Waals surface area contributed by atoms with Crippen molar-refractivity contribution in [2.24, 2.45) is 0 Å². The number of alkyl halides is 3. The average molecular weight is 358 g/mol. The van der Waals surface area contributed by atoms with Crippen LogP contribution in [0.4, 0.5) is 13.2 Å². The SMILES string of the molecule is COc1ccc(CCC(=O)N2CCCN(C(=O)C(F)(F)F)CC2)cc1. The molecule has 0 aliphatic carbocycles. The van der Waals surface area contributed by atoms with E-state index in [1.165, 1.54) is 4.90 Å². The molecule has 0 radical (unpaired) electrons. The van der Waals surface area contributed by atoms with E-state index in [1.54, 1.807) is 7.11 Å². The monoisotopic (exact) mass is 358 g/mol. The molecule has 1 aliphatic rings. The van der Waals surface area contributed by atoms with Gasteiger partial charge < -0.3 is 14.5 Å². The van der Waals surface area contributed by atoms with Gasteiger partial charge in [-0.05, 0) is 30.5 Å². The van der Waals surface area contributed by atoms with Crippen molar-refractivity contribution in [2.45, 2.75) is 25.4 Å². The number of aryl methyl sites for hydroxylation is 1. The number of benzene rings is 1. The van der Waals surface area contributed by atoms with Crippen molar-refractivity contribution in [3.63, 3.8) is 0 Å². The standard InChI is InChI=1S/C17H21F3N2O3/c1-25-14-6-3-13(4-7-14)5-8-15(23)21-9-2-10-22(12-11-21)16(24)17(18,19)20/h3-4,6-7H,2,5,8-12H2,1H3. The van der Waals surface area contributed by atoms with Crippen LogP contribution in [0.25, 0.3) is 0 Å². The third-order valence-corrected chi connectivity index (χ3v) is 4.16. The van der Waals surface area contributed by atoms with Gasteiger partial charge in [0.05, 0.1) is 7.11 Å². The molecule has 1 aromatic carbocycles. The first-order valence-corrected chi connectivity index (χ1v) is 8.08. The molecule has 25 heavy (non-hydrogen) atoms. The van der Waals surface area contributed by atoms with E-state index in [1.807, 2.05) is 24.3 Å². The van der Waals surface area contributed by atoms with E-state index in [0.29, 0.717) is 19.4 Å². The van der Waals surface area contributed by atoms with Crippen molar-refractivity contribution in [1.82, 2.24) is 9.80 Å². The summed E-state index contributed by atoms with van der Waals surface area (Å²) in [7, 11) is 1.57. The summed E-state index contributed by atoms with van der Waals surface area (Å²) >= 11 is 0. The number of halogens is 3. The quantitative estimate of drug-likeness (QED) is 0.830. The fourth-order valence-electron chi connectivity index (χ4n) is 2.75. The van der Waals surface area contributed by atoms with Crippen LogP contribution in [0, 0.1) is 0 Å². The molecular formula is C17H21F3N2O3. The number of nitrogens with zero attached hydrogens (tertiary/aromatic N) is 2. The van der Waals surface area contributed by atoms with Crippen LogP contribution in [0.1, 0.15) is 18.4 Å². The van der Waals surface area contributed by atoms with Crippen molar-refractivity contribution < 1.29 is 27.5 Å². The highest BCUT2D eigenvalue weighted by Crippen LogP contribution is 2.20. The van der Waals surface area contributed by atoms with Crippen LogP contribution in [-0.2, 0) is 16.0 Å². The molecule has 1 aromatic rings. The topological polar surface area (TPSA) is 49.9 Å². The maximum Gasteiger partial charge on any atom is 0.471 e. The normalized spacial score (nSPS) is 15.7. The molecule has 8 heteroatoms. The highest BCUT2D eigenvalue weighted by Gasteiger charge is 2.42. The van der Waals surface area contributed by atoms with Crippen LogP contribution in [-0.4, -0.2) is 61.1 Å². The summed E-state index contributed by atoms with van der Waals surface area (Å²) in [5, 5.41) is 0. The Morgan fingerprint density at radius 1 is 1.04 bits per heavy atom. The Bertz CT molecular complexity index is 602. The zero-order valence-electron chi connectivity index (χ0n) is 14.0. The molecular weight excluding hydrogens is 337 g/mol. The van der Waals surface area contributed by atoms with Gasteiger partial charge in [-0.3, -0.25) is 9.59 Å². The first-order chi connectivity index (χ1) is 11.8. The summed E-state index contributed by atoms with van der Waals surface area (Å²) in [6.07, 6.45) is -3.70. The zero-order valence-corrected chi connectivity index (χ0v) is 14.0. The Labute approximate surface area is 144 Å². The van der Waals surface area contributed by atoms with E-state index in [2.05, 4.69) is 0 Å². The van der Waals surface area contributed by atoms with E-state index >= 15 is 0 Å². The van der Waals surface area contributed by atoms with Gasteiger partial charge in [0, 0.05) is 32.6 Å². The predicted octanol–water partition coefficient (Wildman–Crippen LogP) is 2.25. The first kappa shape index (κ1) is 19.1. The number of ether oxygens (including phenoxy) is 1. The lowest BCUT2D eigenvalue weighted by Gasteiger charge is -2.23. The number of carbonyl (C=O) groups excluding carboxylic acids is 2. The van der Waals surface area contributed by atoms with E-state index in [0.717, 1.165) is 16.2 Å². The molecule has 1 saturated heterocycles. The minimum Gasteiger partial charge on any atom is -0.497 e. The molecule has 1 fully saturated rings. The lowest BCUT2D eigenvalue weighted by molar-refractivity contribution is -0.185. The maximum atomic E-state index is 12.5. The second-order valence-electron chi connectivity index (χ2n) is 5.87. The molecule has 5 nitrogen and oxygen atoms in total. The predicted molar refractivity (Wildman–Crippen MR) is 85.1 cm³/mol. The van der Waals surface area contributed by atoms with Gasteiger partial charge >= 0.3 is 12.1 Å². The molecule has 0 N–H and O–H groups in total. The minimum atomic E-state index is -4.87. The largest absolute Gasteiger partial charge is 0.497 e. The molecule has 1 aliphatic heterocycles. The van der Waals surface area contributed by atoms with Crippen molar-refractivity contribution in [3.8, 4) is 5.75 Å². The second-order valence-corrected chi connectivity index (χ2v) is 5.87. The summed E-state index contributed by atoms with van der Waals surface area (Å²) in [6, 6.07) is 7.37. The van der Waals surface area contributed by atoms with E-state index in [-0.39, 0.29) is 32.0 Å². The lowest BCUT2D eigenvalue weighted by Crippen LogP contribution is -2.43. The van der Waals surface area contributed by atoms with E-state index in [9.17, 15) is 22.8 Å². The van der Waals surface area contributed by atoms with Crippen molar-refractivity contribution in [2.75, 3.05) is 33.3 Å². The van der Waals surface area contributed by atoms with Crippen LogP contribution >= 0.6 is 0 Å². The molecule has 0 bridgehead atoms. The van der Waals surface area contributed by atoms with Gasteiger partial charge in [-0.2, -0.15) is 13.2 Å². The average Bonchev–Trinajstić information content (AvgIpc) is 2.84. The third kappa shape index (κ3) is 5.37. The Kier molecular flexibility index (Phi) is 6.27. The van der Waals surface area contributed by atoms with Crippen LogP contribution in [0.3, 0.4) is 0 Å². The van der Waals surface area contributed by atoms with Gasteiger partial charge in [-0.25, -0.2) is 0 Å². The van der Waals surface area contributed by atoms with Gasteiger partial charge in [0.25, 0.3) is 0 Å². The highest BCUT2D eigenvalue weighted by molar-refractivity contribution is 5.82. The Balaban J connectivity index is 1.84. The first-order valence-electron chi connectivity index (χ1n) is 8.08. The molecule has 0 saturated carbocycles. The fourth-order valence-corrected chi connectivity index (χ4v) is 2.75. The number of hydrogen-bond acceptors (Lipinski definition) is 3. The van der Waals surface area contributed by atoms with E-state index in [4.69, 9.17) is 4.74 Å². The molecule has 2 amide bonds.